The van der Waals surface area contributed by atoms with Crippen LogP contribution in [0.3, 0.4) is 0 Å². The molecule has 1 amide bonds. The van der Waals surface area contributed by atoms with Crippen LogP contribution >= 0.6 is 0 Å². The largest absolute Gasteiger partial charge is 0.366 e. The van der Waals surface area contributed by atoms with Crippen molar-refractivity contribution in [3.05, 3.63) is 48.6 Å². The van der Waals surface area contributed by atoms with Gasteiger partial charge in [0.25, 0.3) is 10.1 Å². The van der Waals surface area contributed by atoms with Crippen molar-refractivity contribution in [3.8, 4) is 0 Å². The Kier molecular flexibility index (Phi) is 6.92. The smallest absolute Gasteiger partial charge is 0.265 e. The first-order valence-corrected chi connectivity index (χ1v) is 6.79. The predicted molar refractivity (Wildman–Crippen MR) is 70.7 cm³/mol. The molecule has 0 saturated carbocycles. The van der Waals surface area contributed by atoms with E-state index in [1.54, 1.807) is 6.92 Å². The van der Waals surface area contributed by atoms with Crippen molar-refractivity contribution >= 4 is 16.0 Å². The van der Waals surface area contributed by atoms with Crippen molar-refractivity contribution in [2.45, 2.75) is 12.8 Å². The second-order valence-electron chi connectivity index (χ2n) is 3.67. The van der Waals surface area contributed by atoms with Crippen LogP contribution < -0.4 is 5.73 Å². The highest BCUT2D eigenvalue weighted by molar-refractivity contribution is 7.85. The maximum Gasteiger partial charge on any atom is 0.265 e. The van der Waals surface area contributed by atoms with Gasteiger partial charge in [-0.25, -0.2) is 0 Å². The number of hydrogen-bond acceptors (Lipinski definition) is 3. The van der Waals surface area contributed by atoms with E-state index in [1.807, 2.05) is 30.3 Å². The monoisotopic (exact) mass is 271 g/mol. The summed E-state index contributed by atoms with van der Waals surface area (Å²) in [4.78, 5) is 9.47. The summed E-state index contributed by atoms with van der Waals surface area (Å²) in [6.45, 7) is 4.85. The molecule has 0 aromatic heterocycles. The third-order valence-electron chi connectivity index (χ3n) is 2.03. The van der Waals surface area contributed by atoms with Gasteiger partial charge in [0.15, 0.2) is 0 Å². The molecular formula is C12H17NO4S. The Labute approximate surface area is 107 Å². The molecule has 0 bridgehead atoms. The lowest BCUT2D eigenvalue weighted by Crippen LogP contribution is -2.10. The van der Waals surface area contributed by atoms with Gasteiger partial charge in [-0.1, -0.05) is 43.8 Å². The fraction of sp³-hybridized carbons (Fsp3) is 0.250. The molecule has 100 valence electrons. The number of nitrogens with two attached hydrogens (primary N) is 1. The quantitative estimate of drug-likeness (QED) is 0.637. The molecule has 0 aliphatic heterocycles. The molecule has 0 radical (unpaired) electrons. The van der Waals surface area contributed by atoms with E-state index in [2.05, 4.69) is 12.3 Å². The molecule has 0 spiro atoms. The molecule has 1 rings (SSSR count). The Morgan fingerprint density at radius 3 is 2.22 bits per heavy atom. The van der Waals surface area contributed by atoms with Crippen molar-refractivity contribution in [1.82, 2.24) is 0 Å². The zero-order valence-corrected chi connectivity index (χ0v) is 10.9. The highest BCUT2D eigenvalue weighted by Crippen LogP contribution is 2.15. The summed E-state index contributed by atoms with van der Waals surface area (Å²) in [5.41, 5.74) is 5.45. The van der Waals surface area contributed by atoms with Crippen LogP contribution in [0, 0.1) is 0 Å². The highest BCUT2D eigenvalue weighted by Gasteiger charge is 2.13. The number of carbonyl (C=O) groups is 1. The van der Waals surface area contributed by atoms with Crippen LogP contribution in [0.5, 0.6) is 0 Å². The first kappa shape index (κ1) is 16.3. The molecule has 0 aliphatic rings. The summed E-state index contributed by atoms with van der Waals surface area (Å²) in [6.07, 6.45) is 1.06. The molecule has 0 aliphatic carbocycles. The van der Waals surface area contributed by atoms with E-state index in [4.69, 9.17) is 4.55 Å². The fourth-order valence-corrected chi connectivity index (χ4v) is 2.02. The first-order valence-electron chi connectivity index (χ1n) is 5.18. The normalized spacial score (nSPS) is 11.9. The van der Waals surface area contributed by atoms with Crippen LogP contribution in [-0.2, 0) is 14.9 Å². The number of amides is 1. The minimum atomic E-state index is -3.87. The van der Waals surface area contributed by atoms with Crippen LogP contribution in [0.15, 0.2) is 43.0 Å². The van der Waals surface area contributed by atoms with Crippen molar-refractivity contribution < 1.29 is 17.8 Å². The Balaban J connectivity index is 0.000000494. The van der Waals surface area contributed by atoms with Gasteiger partial charge < -0.3 is 5.73 Å². The van der Waals surface area contributed by atoms with Gasteiger partial charge in [0.1, 0.15) is 0 Å². The summed E-state index contributed by atoms with van der Waals surface area (Å²) < 4.78 is 29.8. The van der Waals surface area contributed by atoms with Crippen molar-refractivity contribution in [2.75, 3.05) is 5.75 Å². The van der Waals surface area contributed by atoms with Gasteiger partial charge >= 0.3 is 0 Å². The first-order chi connectivity index (χ1) is 8.26. The standard InChI is InChI=1S/C9H12O3S.C3H5NO/c1-8(7-13(10,11)12)9-5-3-2-4-6-9;1-2-3(4)5/h2-6,8H,7H2,1H3,(H,10,11,12);2H,1H2,(H2,4,5). The number of rotatable bonds is 4. The molecule has 1 aromatic rings. The summed E-state index contributed by atoms with van der Waals surface area (Å²) in [6, 6.07) is 9.24. The van der Waals surface area contributed by atoms with Crippen LogP contribution in [0.25, 0.3) is 0 Å². The Morgan fingerprint density at radius 2 is 1.89 bits per heavy atom. The van der Waals surface area contributed by atoms with E-state index < -0.39 is 16.0 Å². The molecule has 0 heterocycles. The maximum atomic E-state index is 10.6. The molecule has 0 fully saturated rings. The Hall–Kier alpha value is -1.66. The Morgan fingerprint density at radius 1 is 1.44 bits per heavy atom. The van der Waals surface area contributed by atoms with Gasteiger partial charge in [-0.15, -0.1) is 0 Å². The number of primary amides is 1. The minimum absolute atomic E-state index is 0.170. The summed E-state index contributed by atoms with van der Waals surface area (Å²) in [5, 5.41) is 0. The second-order valence-corrected chi connectivity index (χ2v) is 5.16. The molecule has 1 atom stereocenters. The van der Waals surface area contributed by atoms with Gasteiger partial charge in [-0.3, -0.25) is 9.35 Å². The van der Waals surface area contributed by atoms with Gasteiger partial charge in [-0.2, -0.15) is 8.42 Å². The lowest BCUT2D eigenvalue weighted by Gasteiger charge is -2.08. The minimum Gasteiger partial charge on any atom is -0.366 e. The van der Waals surface area contributed by atoms with E-state index >= 15 is 0 Å². The van der Waals surface area contributed by atoms with Gasteiger partial charge in [0.2, 0.25) is 5.91 Å². The molecule has 1 aromatic carbocycles. The number of carbonyl (C=O) groups excluding carboxylic acids is 1. The third-order valence-corrected chi connectivity index (χ3v) is 2.95. The molecule has 5 nitrogen and oxygen atoms in total. The van der Waals surface area contributed by atoms with Crippen LogP contribution in [-0.4, -0.2) is 24.6 Å². The highest BCUT2D eigenvalue weighted by atomic mass is 32.2. The average molecular weight is 271 g/mol. The van der Waals surface area contributed by atoms with Gasteiger partial charge in [-0.05, 0) is 17.6 Å². The van der Waals surface area contributed by atoms with Gasteiger partial charge in [0, 0.05) is 0 Å². The lowest BCUT2D eigenvalue weighted by molar-refractivity contribution is -0.113. The Bertz CT molecular complexity index is 482. The van der Waals surface area contributed by atoms with Crippen molar-refractivity contribution in [1.29, 1.82) is 0 Å². The molecule has 3 N–H and O–H groups in total. The lowest BCUT2D eigenvalue weighted by atomic mass is 10.0. The van der Waals surface area contributed by atoms with Gasteiger partial charge in [0.05, 0.1) is 5.75 Å². The summed E-state index contributed by atoms with van der Waals surface area (Å²) in [7, 11) is -3.87. The second kappa shape index (κ2) is 7.62. The fourth-order valence-electron chi connectivity index (χ4n) is 1.19. The predicted octanol–water partition coefficient (Wildman–Crippen LogP) is 1.34. The molecule has 1 unspecified atom stereocenters. The van der Waals surface area contributed by atoms with E-state index in [0.29, 0.717) is 0 Å². The molecule has 6 heteroatoms. The zero-order valence-electron chi connectivity index (χ0n) is 10.1. The van der Waals surface area contributed by atoms with Crippen LogP contribution in [0.1, 0.15) is 18.4 Å². The van der Waals surface area contributed by atoms with E-state index in [1.165, 1.54) is 0 Å². The zero-order chi connectivity index (χ0) is 14.2. The molecular weight excluding hydrogens is 254 g/mol. The SMILES string of the molecule is C=CC(N)=O.CC(CS(=O)(=O)O)c1ccccc1. The molecule has 0 saturated heterocycles. The molecule has 18 heavy (non-hydrogen) atoms. The number of benzene rings is 1. The topological polar surface area (TPSA) is 97.5 Å². The maximum absolute atomic E-state index is 10.6. The summed E-state index contributed by atoms with van der Waals surface area (Å²) >= 11 is 0. The van der Waals surface area contributed by atoms with E-state index in [0.717, 1.165) is 11.6 Å². The third kappa shape index (κ3) is 8.49. The van der Waals surface area contributed by atoms with Crippen LogP contribution in [0.4, 0.5) is 0 Å². The van der Waals surface area contributed by atoms with Crippen molar-refractivity contribution in [3.63, 3.8) is 0 Å². The average Bonchev–Trinajstić information content (AvgIpc) is 2.29. The summed E-state index contributed by atoms with van der Waals surface area (Å²) in [5.74, 6) is -0.877. The van der Waals surface area contributed by atoms with Crippen molar-refractivity contribution in [2.24, 2.45) is 5.73 Å². The van der Waals surface area contributed by atoms with E-state index in [9.17, 15) is 13.2 Å². The number of hydrogen-bond donors (Lipinski definition) is 2. The van der Waals surface area contributed by atoms with E-state index in [-0.39, 0.29) is 11.7 Å². The van der Waals surface area contributed by atoms with Crippen LogP contribution in [0.2, 0.25) is 0 Å².